The van der Waals surface area contributed by atoms with Crippen LogP contribution in [-0.4, -0.2) is 40.8 Å². The van der Waals surface area contributed by atoms with Gasteiger partial charge in [0.15, 0.2) is 0 Å². The van der Waals surface area contributed by atoms with Crippen molar-refractivity contribution in [2.24, 2.45) is 0 Å². The first-order valence-electron chi connectivity index (χ1n) is 14.3. The Hall–Kier alpha value is -3.06. The predicted molar refractivity (Wildman–Crippen MR) is 159 cm³/mol. The second kappa shape index (κ2) is 11.1. The van der Waals surface area contributed by atoms with Crippen LogP contribution in [0.5, 0.6) is 0 Å². The third-order valence-electron chi connectivity index (χ3n) is 8.88. The van der Waals surface area contributed by atoms with Gasteiger partial charge >= 0.3 is 0 Å². The molecule has 1 saturated heterocycles. The molecule has 1 fully saturated rings. The maximum absolute atomic E-state index is 14.3. The van der Waals surface area contributed by atoms with Crippen molar-refractivity contribution in [1.29, 1.82) is 0 Å². The van der Waals surface area contributed by atoms with Crippen LogP contribution in [-0.2, 0) is 26.8 Å². The van der Waals surface area contributed by atoms with Gasteiger partial charge in [0.25, 0.3) is 0 Å². The van der Waals surface area contributed by atoms with Gasteiger partial charge in [0.1, 0.15) is 11.9 Å². The minimum Gasteiger partial charge on any atom is -0.344 e. The van der Waals surface area contributed by atoms with E-state index in [0.29, 0.717) is 24.6 Å². The summed E-state index contributed by atoms with van der Waals surface area (Å²) in [6.45, 7) is 12.0. The number of hydrogen-bond donors (Lipinski definition) is 1. The molecule has 7 heteroatoms. The first-order chi connectivity index (χ1) is 18.9. The van der Waals surface area contributed by atoms with Crippen molar-refractivity contribution in [1.82, 2.24) is 15.2 Å². The van der Waals surface area contributed by atoms with E-state index in [9.17, 15) is 14.0 Å². The Morgan fingerprint density at radius 3 is 2.40 bits per heavy atom. The van der Waals surface area contributed by atoms with Gasteiger partial charge in [0, 0.05) is 43.3 Å². The van der Waals surface area contributed by atoms with E-state index in [1.807, 2.05) is 0 Å². The van der Waals surface area contributed by atoms with Gasteiger partial charge in [-0.2, -0.15) is 0 Å². The number of fused-ring (bicyclic) bond motifs is 1. The maximum atomic E-state index is 14.3. The Morgan fingerprint density at radius 2 is 1.73 bits per heavy atom. The molecule has 212 valence electrons. The SMILES string of the molecule is CC(=O)NC(Cc1ccccc1F)C(=O)N1CCC(c2nc(-c3ccc4c(c3)C(C)(C)CCC4(C)C)cs2)CC1. The summed E-state index contributed by atoms with van der Waals surface area (Å²) in [5.74, 6) is -0.526. The number of benzene rings is 2. The molecule has 1 aromatic heterocycles. The van der Waals surface area contributed by atoms with E-state index in [2.05, 4.69) is 56.6 Å². The molecule has 40 heavy (non-hydrogen) atoms. The number of amides is 2. The molecule has 1 atom stereocenters. The number of aromatic nitrogens is 1. The number of piperidine rings is 1. The summed E-state index contributed by atoms with van der Waals surface area (Å²) in [6.07, 6.45) is 4.14. The number of hydrogen-bond acceptors (Lipinski definition) is 4. The van der Waals surface area contributed by atoms with Crippen molar-refractivity contribution in [3.63, 3.8) is 0 Å². The number of carbonyl (C=O) groups is 2. The Bertz CT molecular complexity index is 1400. The zero-order chi connectivity index (χ0) is 28.7. The van der Waals surface area contributed by atoms with Crippen LogP contribution in [0.15, 0.2) is 47.8 Å². The van der Waals surface area contributed by atoms with E-state index >= 15 is 0 Å². The van der Waals surface area contributed by atoms with Crippen LogP contribution >= 0.6 is 11.3 Å². The topological polar surface area (TPSA) is 62.3 Å². The number of nitrogens with zero attached hydrogens (tertiary/aromatic N) is 2. The third kappa shape index (κ3) is 5.85. The standard InChI is InChI=1S/C33H40FN3O2S/c1-21(38)35-28(19-23-8-6-7-9-27(23)34)31(39)37-16-12-22(13-17-37)30-36-29(20-40-30)24-10-11-25-26(18-24)33(4,5)15-14-32(25,2)3/h6-11,18,20,22,28H,12-17,19H2,1-5H3,(H,35,38). The van der Waals surface area contributed by atoms with Crippen LogP contribution in [0.1, 0.15) is 87.9 Å². The quantitative estimate of drug-likeness (QED) is 0.362. The number of nitrogens with one attached hydrogen (secondary N) is 1. The number of rotatable bonds is 6. The molecule has 5 rings (SSSR count). The molecule has 1 aliphatic heterocycles. The normalized spacial score (nSPS) is 19.1. The van der Waals surface area contributed by atoms with Crippen LogP contribution in [0.3, 0.4) is 0 Å². The highest BCUT2D eigenvalue weighted by molar-refractivity contribution is 7.10. The molecule has 0 radical (unpaired) electrons. The summed E-state index contributed by atoms with van der Waals surface area (Å²) < 4.78 is 14.3. The van der Waals surface area contributed by atoms with E-state index < -0.39 is 6.04 Å². The zero-order valence-corrected chi connectivity index (χ0v) is 25.0. The molecule has 0 saturated carbocycles. The molecule has 1 unspecified atom stereocenters. The Balaban J connectivity index is 1.26. The third-order valence-corrected chi connectivity index (χ3v) is 9.89. The lowest BCUT2D eigenvalue weighted by Gasteiger charge is -2.42. The molecule has 2 amide bonds. The van der Waals surface area contributed by atoms with Crippen molar-refractivity contribution in [3.05, 3.63) is 75.4 Å². The number of carbonyl (C=O) groups excluding carboxylic acids is 2. The van der Waals surface area contributed by atoms with Crippen molar-refractivity contribution in [2.45, 2.75) is 89.5 Å². The van der Waals surface area contributed by atoms with Crippen LogP contribution < -0.4 is 5.32 Å². The number of thiazole rings is 1. The zero-order valence-electron chi connectivity index (χ0n) is 24.2. The van der Waals surface area contributed by atoms with E-state index in [1.165, 1.54) is 42.5 Å². The largest absolute Gasteiger partial charge is 0.344 e. The van der Waals surface area contributed by atoms with E-state index in [4.69, 9.17) is 4.98 Å². The maximum Gasteiger partial charge on any atom is 0.245 e. The van der Waals surface area contributed by atoms with Crippen molar-refractivity contribution >= 4 is 23.2 Å². The number of likely N-dealkylation sites (tertiary alicyclic amines) is 1. The minimum absolute atomic E-state index is 0.135. The van der Waals surface area contributed by atoms with Crippen LogP contribution in [0.25, 0.3) is 11.3 Å². The predicted octanol–water partition coefficient (Wildman–Crippen LogP) is 6.75. The van der Waals surface area contributed by atoms with Gasteiger partial charge in [-0.25, -0.2) is 9.37 Å². The van der Waals surface area contributed by atoms with Crippen molar-refractivity contribution in [3.8, 4) is 11.3 Å². The molecule has 5 nitrogen and oxygen atoms in total. The van der Waals surface area contributed by atoms with E-state index in [1.54, 1.807) is 34.4 Å². The first-order valence-corrected chi connectivity index (χ1v) is 15.2. The molecular weight excluding hydrogens is 521 g/mol. The summed E-state index contributed by atoms with van der Waals surface area (Å²) >= 11 is 1.70. The fourth-order valence-electron chi connectivity index (χ4n) is 6.25. The summed E-state index contributed by atoms with van der Waals surface area (Å²) in [7, 11) is 0. The minimum atomic E-state index is -0.782. The average Bonchev–Trinajstić information content (AvgIpc) is 3.42. The molecule has 2 aromatic carbocycles. The molecule has 0 spiro atoms. The fraction of sp³-hybridized carbons (Fsp3) is 0.485. The monoisotopic (exact) mass is 561 g/mol. The summed E-state index contributed by atoms with van der Waals surface area (Å²) in [6, 6.07) is 12.5. The highest BCUT2D eigenvalue weighted by Gasteiger charge is 2.37. The summed E-state index contributed by atoms with van der Waals surface area (Å²) in [4.78, 5) is 32.1. The lowest BCUT2D eigenvalue weighted by atomic mass is 9.63. The molecule has 1 aliphatic carbocycles. The Kier molecular flexibility index (Phi) is 7.88. The van der Waals surface area contributed by atoms with Crippen LogP contribution in [0.2, 0.25) is 0 Å². The fourth-order valence-corrected chi connectivity index (χ4v) is 7.25. The molecule has 1 N–H and O–H groups in total. The van der Waals surface area contributed by atoms with Gasteiger partial charge in [0.05, 0.1) is 10.7 Å². The van der Waals surface area contributed by atoms with Crippen LogP contribution in [0.4, 0.5) is 4.39 Å². The first kappa shape index (κ1) is 28.5. The summed E-state index contributed by atoms with van der Waals surface area (Å²) in [5.41, 5.74) is 5.85. The van der Waals surface area contributed by atoms with E-state index in [0.717, 1.165) is 23.5 Å². The smallest absolute Gasteiger partial charge is 0.245 e. The van der Waals surface area contributed by atoms with Gasteiger partial charge in [-0.05, 0) is 65.3 Å². The summed E-state index contributed by atoms with van der Waals surface area (Å²) in [5, 5.41) is 6.02. The van der Waals surface area contributed by atoms with Gasteiger partial charge < -0.3 is 10.2 Å². The van der Waals surface area contributed by atoms with Gasteiger partial charge in [-0.15, -0.1) is 11.3 Å². The molecule has 3 aromatic rings. The molecule has 2 heterocycles. The van der Waals surface area contributed by atoms with Gasteiger partial charge in [-0.1, -0.05) is 58.0 Å². The highest BCUT2D eigenvalue weighted by atomic mass is 32.1. The second-order valence-electron chi connectivity index (χ2n) is 12.7. The second-order valence-corrected chi connectivity index (χ2v) is 13.6. The lowest BCUT2D eigenvalue weighted by molar-refractivity contribution is -0.137. The molecule has 2 aliphatic rings. The Morgan fingerprint density at radius 1 is 1.05 bits per heavy atom. The number of halogens is 1. The molecule has 0 bridgehead atoms. The van der Waals surface area contributed by atoms with Crippen molar-refractivity contribution in [2.75, 3.05) is 13.1 Å². The Labute approximate surface area is 241 Å². The molecular formula is C33H40FN3O2S. The van der Waals surface area contributed by atoms with Gasteiger partial charge in [-0.3, -0.25) is 9.59 Å². The van der Waals surface area contributed by atoms with Gasteiger partial charge in [0.2, 0.25) is 11.8 Å². The highest BCUT2D eigenvalue weighted by Crippen LogP contribution is 2.47. The average molecular weight is 562 g/mol. The van der Waals surface area contributed by atoms with E-state index in [-0.39, 0.29) is 34.9 Å². The van der Waals surface area contributed by atoms with Crippen molar-refractivity contribution < 1.29 is 14.0 Å². The van der Waals surface area contributed by atoms with Crippen LogP contribution in [0, 0.1) is 5.82 Å². The lowest BCUT2D eigenvalue weighted by Crippen LogP contribution is -2.51.